The SMILES string of the molecule is COc1ccc(C(=O)NCCCNC(=O)CCNC(=O)OC(C)(C)C)cc1. The predicted molar refractivity (Wildman–Crippen MR) is 102 cm³/mol. The van der Waals surface area contributed by atoms with E-state index < -0.39 is 11.7 Å². The summed E-state index contributed by atoms with van der Waals surface area (Å²) < 4.78 is 10.1. The zero-order chi connectivity index (χ0) is 20.3. The number of ether oxygens (including phenoxy) is 2. The predicted octanol–water partition coefficient (Wildman–Crippen LogP) is 1.85. The Labute approximate surface area is 160 Å². The van der Waals surface area contributed by atoms with Gasteiger partial charge in [0, 0.05) is 31.6 Å². The molecule has 0 saturated heterocycles. The largest absolute Gasteiger partial charge is 0.497 e. The van der Waals surface area contributed by atoms with E-state index in [0.717, 1.165) is 0 Å². The van der Waals surface area contributed by atoms with Crippen molar-refractivity contribution in [2.45, 2.75) is 39.2 Å². The van der Waals surface area contributed by atoms with E-state index in [1.807, 2.05) is 0 Å². The Morgan fingerprint density at radius 3 is 2.15 bits per heavy atom. The van der Waals surface area contributed by atoms with Crippen LogP contribution in [0, 0.1) is 0 Å². The molecule has 0 aliphatic rings. The van der Waals surface area contributed by atoms with Gasteiger partial charge in [-0.25, -0.2) is 4.79 Å². The molecule has 3 N–H and O–H groups in total. The first-order chi connectivity index (χ1) is 12.7. The minimum Gasteiger partial charge on any atom is -0.497 e. The molecule has 0 unspecified atom stereocenters. The van der Waals surface area contributed by atoms with Crippen LogP contribution in [0.25, 0.3) is 0 Å². The van der Waals surface area contributed by atoms with Crippen molar-refractivity contribution in [3.05, 3.63) is 29.8 Å². The summed E-state index contributed by atoms with van der Waals surface area (Å²) in [5, 5.41) is 8.04. The molecule has 8 heteroatoms. The highest BCUT2D eigenvalue weighted by Crippen LogP contribution is 2.11. The molecule has 0 aliphatic carbocycles. The van der Waals surface area contributed by atoms with Crippen LogP contribution in [0.4, 0.5) is 4.79 Å². The normalized spacial score (nSPS) is 10.7. The van der Waals surface area contributed by atoms with E-state index in [4.69, 9.17) is 9.47 Å². The summed E-state index contributed by atoms with van der Waals surface area (Å²) in [6, 6.07) is 6.82. The van der Waals surface area contributed by atoms with Crippen molar-refractivity contribution in [1.82, 2.24) is 16.0 Å². The molecule has 8 nitrogen and oxygen atoms in total. The van der Waals surface area contributed by atoms with E-state index in [-0.39, 0.29) is 24.8 Å². The fraction of sp³-hybridized carbons (Fsp3) is 0.526. The quantitative estimate of drug-likeness (QED) is 0.568. The van der Waals surface area contributed by atoms with Gasteiger partial charge in [-0.05, 0) is 51.5 Å². The second-order valence-corrected chi connectivity index (χ2v) is 6.87. The van der Waals surface area contributed by atoms with Gasteiger partial charge in [-0.3, -0.25) is 9.59 Å². The number of benzene rings is 1. The van der Waals surface area contributed by atoms with Crippen molar-refractivity contribution in [2.75, 3.05) is 26.7 Å². The Balaban J connectivity index is 2.10. The third kappa shape index (κ3) is 10.1. The molecule has 0 aliphatic heterocycles. The highest BCUT2D eigenvalue weighted by atomic mass is 16.6. The van der Waals surface area contributed by atoms with Crippen LogP contribution < -0.4 is 20.7 Å². The smallest absolute Gasteiger partial charge is 0.407 e. The molecular weight excluding hydrogens is 350 g/mol. The summed E-state index contributed by atoms with van der Waals surface area (Å²) in [4.78, 5) is 35.1. The van der Waals surface area contributed by atoms with E-state index in [9.17, 15) is 14.4 Å². The van der Waals surface area contributed by atoms with Gasteiger partial charge >= 0.3 is 6.09 Å². The summed E-state index contributed by atoms with van der Waals surface area (Å²) in [5.41, 5.74) is -0.0177. The zero-order valence-corrected chi connectivity index (χ0v) is 16.4. The van der Waals surface area contributed by atoms with E-state index in [1.54, 1.807) is 52.1 Å². The van der Waals surface area contributed by atoms with Crippen LogP contribution in [0.5, 0.6) is 5.75 Å². The summed E-state index contributed by atoms with van der Waals surface area (Å²) >= 11 is 0. The van der Waals surface area contributed by atoms with Crippen molar-refractivity contribution in [1.29, 1.82) is 0 Å². The fourth-order valence-corrected chi connectivity index (χ4v) is 2.04. The first-order valence-corrected chi connectivity index (χ1v) is 8.87. The van der Waals surface area contributed by atoms with E-state index in [0.29, 0.717) is 30.8 Å². The minimum atomic E-state index is -0.567. The number of alkyl carbamates (subject to hydrolysis) is 1. The standard InChI is InChI=1S/C19H29N3O5/c1-19(2,3)27-18(25)22-13-10-16(23)20-11-5-12-21-17(24)14-6-8-15(26-4)9-7-14/h6-9H,5,10-13H2,1-4H3,(H,20,23)(H,21,24)(H,22,25). The third-order valence-corrected chi connectivity index (χ3v) is 3.33. The van der Waals surface area contributed by atoms with Crippen LogP contribution >= 0.6 is 0 Å². The average molecular weight is 379 g/mol. The van der Waals surface area contributed by atoms with Gasteiger partial charge in [-0.15, -0.1) is 0 Å². The van der Waals surface area contributed by atoms with Crippen LogP contribution in [0.2, 0.25) is 0 Å². The molecule has 0 saturated carbocycles. The summed E-state index contributed by atoms with van der Waals surface area (Å²) in [6.07, 6.45) is 0.224. The number of hydrogen-bond acceptors (Lipinski definition) is 5. The van der Waals surface area contributed by atoms with Gasteiger partial charge in [-0.2, -0.15) is 0 Å². The minimum absolute atomic E-state index is 0.164. The van der Waals surface area contributed by atoms with Crippen molar-refractivity contribution >= 4 is 17.9 Å². The van der Waals surface area contributed by atoms with E-state index in [2.05, 4.69) is 16.0 Å². The van der Waals surface area contributed by atoms with Gasteiger partial charge in [0.1, 0.15) is 11.4 Å². The number of rotatable bonds is 9. The van der Waals surface area contributed by atoms with Crippen molar-refractivity contribution in [3.8, 4) is 5.75 Å². The highest BCUT2D eigenvalue weighted by Gasteiger charge is 2.15. The molecule has 0 heterocycles. The summed E-state index contributed by atoms with van der Waals surface area (Å²) in [6.45, 7) is 6.40. The molecule has 1 aromatic carbocycles. The molecule has 0 bridgehead atoms. The Morgan fingerprint density at radius 2 is 1.56 bits per heavy atom. The van der Waals surface area contributed by atoms with Crippen LogP contribution in [0.3, 0.4) is 0 Å². The Hall–Kier alpha value is -2.77. The van der Waals surface area contributed by atoms with Gasteiger partial charge in [0.25, 0.3) is 5.91 Å². The van der Waals surface area contributed by atoms with Crippen LogP contribution in [-0.4, -0.2) is 50.3 Å². The molecule has 3 amide bonds. The van der Waals surface area contributed by atoms with Gasteiger partial charge in [0.15, 0.2) is 0 Å². The third-order valence-electron chi connectivity index (χ3n) is 3.33. The Kier molecular flexibility index (Phi) is 9.12. The highest BCUT2D eigenvalue weighted by molar-refractivity contribution is 5.94. The Morgan fingerprint density at radius 1 is 0.926 bits per heavy atom. The number of methoxy groups -OCH3 is 1. The maximum Gasteiger partial charge on any atom is 0.407 e. The second kappa shape index (κ2) is 11.1. The fourth-order valence-electron chi connectivity index (χ4n) is 2.04. The number of nitrogens with one attached hydrogen (secondary N) is 3. The summed E-state index contributed by atoms with van der Waals surface area (Å²) in [5.74, 6) is 0.341. The molecule has 0 radical (unpaired) electrons. The van der Waals surface area contributed by atoms with Gasteiger partial charge in [0.2, 0.25) is 5.91 Å². The molecule has 0 spiro atoms. The zero-order valence-electron chi connectivity index (χ0n) is 16.4. The van der Waals surface area contributed by atoms with Gasteiger partial charge < -0.3 is 25.4 Å². The van der Waals surface area contributed by atoms with Gasteiger partial charge in [0.05, 0.1) is 7.11 Å². The number of carbonyl (C=O) groups is 3. The number of hydrogen-bond donors (Lipinski definition) is 3. The molecule has 0 aromatic heterocycles. The van der Waals surface area contributed by atoms with E-state index in [1.165, 1.54) is 0 Å². The van der Waals surface area contributed by atoms with Crippen molar-refractivity contribution in [2.24, 2.45) is 0 Å². The topological polar surface area (TPSA) is 106 Å². The number of amides is 3. The average Bonchev–Trinajstić information content (AvgIpc) is 2.59. The monoisotopic (exact) mass is 379 g/mol. The number of carbonyl (C=O) groups excluding carboxylic acids is 3. The lowest BCUT2D eigenvalue weighted by Crippen LogP contribution is -2.35. The lowest BCUT2D eigenvalue weighted by Gasteiger charge is -2.19. The molecule has 27 heavy (non-hydrogen) atoms. The lowest BCUT2D eigenvalue weighted by atomic mass is 10.2. The first kappa shape index (κ1) is 22.3. The Bertz CT molecular complexity index is 623. The van der Waals surface area contributed by atoms with Gasteiger partial charge in [-0.1, -0.05) is 0 Å². The maximum atomic E-state index is 12.0. The van der Waals surface area contributed by atoms with Crippen LogP contribution in [0.1, 0.15) is 44.0 Å². The van der Waals surface area contributed by atoms with Crippen LogP contribution in [-0.2, 0) is 9.53 Å². The molecule has 1 aromatic rings. The molecule has 0 atom stereocenters. The van der Waals surface area contributed by atoms with Crippen molar-refractivity contribution in [3.63, 3.8) is 0 Å². The van der Waals surface area contributed by atoms with Crippen molar-refractivity contribution < 1.29 is 23.9 Å². The summed E-state index contributed by atoms with van der Waals surface area (Å²) in [7, 11) is 1.57. The molecule has 0 fully saturated rings. The molecule has 150 valence electrons. The second-order valence-electron chi connectivity index (χ2n) is 6.87. The molecular formula is C19H29N3O5. The maximum absolute atomic E-state index is 12.0. The van der Waals surface area contributed by atoms with Crippen LogP contribution in [0.15, 0.2) is 24.3 Å². The molecule has 1 rings (SSSR count). The lowest BCUT2D eigenvalue weighted by molar-refractivity contribution is -0.120. The first-order valence-electron chi connectivity index (χ1n) is 8.87. The van der Waals surface area contributed by atoms with E-state index >= 15 is 0 Å².